The summed E-state index contributed by atoms with van der Waals surface area (Å²) in [5.41, 5.74) is 3.70. The molecule has 4 aromatic rings. The van der Waals surface area contributed by atoms with E-state index in [1.54, 1.807) is 6.20 Å². The van der Waals surface area contributed by atoms with Gasteiger partial charge in [-0.2, -0.15) is 0 Å². The van der Waals surface area contributed by atoms with Crippen LogP contribution in [0.2, 0.25) is 0 Å². The maximum Gasteiger partial charge on any atom is 0.306 e. The van der Waals surface area contributed by atoms with E-state index in [-0.39, 0.29) is 18.0 Å². The van der Waals surface area contributed by atoms with E-state index in [1.165, 1.54) is 0 Å². The smallest absolute Gasteiger partial charge is 0.306 e. The van der Waals surface area contributed by atoms with Gasteiger partial charge in [0.1, 0.15) is 11.9 Å². The van der Waals surface area contributed by atoms with Crippen molar-refractivity contribution in [2.45, 2.75) is 51.0 Å². The van der Waals surface area contributed by atoms with Crippen molar-refractivity contribution < 1.29 is 9.53 Å². The van der Waals surface area contributed by atoms with Crippen molar-refractivity contribution in [3.8, 4) is 0 Å². The Kier molecular flexibility index (Phi) is 4.94. The molecule has 5 rings (SSSR count). The lowest BCUT2D eigenvalue weighted by molar-refractivity contribution is -0.148. The fourth-order valence-corrected chi connectivity index (χ4v) is 4.71. The number of carbonyl (C=O) groups is 1. The van der Waals surface area contributed by atoms with Crippen molar-refractivity contribution in [1.29, 1.82) is 0 Å². The molecule has 1 aromatic carbocycles. The number of esters is 1. The van der Waals surface area contributed by atoms with Gasteiger partial charge in [0.05, 0.1) is 11.7 Å². The first-order chi connectivity index (χ1) is 14.7. The third-order valence-corrected chi connectivity index (χ3v) is 6.23. The molecule has 3 heterocycles. The normalized spacial score (nSPS) is 21.4. The zero-order valence-electron chi connectivity index (χ0n) is 17.0. The maximum atomic E-state index is 12.4. The number of carbonyl (C=O) groups excluding carboxylic acids is 1. The number of aromatic nitrogens is 5. The average molecular weight is 403 g/mol. The molecular formula is C23H25N5O2. The molecule has 1 fully saturated rings. The van der Waals surface area contributed by atoms with Gasteiger partial charge in [0.25, 0.3) is 0 Å². The lowest BCUT2D eigenvalue weighted by Crippen LogP contribution is -2.16. The largest absolute Gasteiger partial charge is 0.462 e. The van der Waals surface area contributed by atoms with Crippen LogP contribution in [0.25, 0.3) is 16.8 Å². The minimum absolute atomic E-state index is 0.0703. The Labute approximate surface area is 174 Å². The molecule has 0 bridgehead atoms. The van der Waals surface area contributed by atoms with Gasteiger partial charge in [-0.25, -0.2) is 4.98 Å². The summed E-state index contributed by atoms with van der Waals surface area (Å²) in [6, 6.07) is 12.1. The van der Waals surface area contributed by atoms with E-state index < -0.39 is 0 Å². The molecule has 7 nitrogen and oxygen atoms in total. The van der Waals surface area contributed by atoms with E-state index in [9.17, 15) is 4.79 Å². The molecule has 3 aromatic heterocycles. The van der Waals surface area contributed by atoms with Crippen LogP contribution in [0.3, 0.4) is 0 Å². The molecule has 0 unspecified atom stereocenters. The second kappa shape index (κ2) is 7.89. The predicted octanol–water partition coefficient (Wildman–Crippen LogP) is 4.05. The van der Waals surface area contributed by atoms with E-state index in [1.807, 2.05) is 42.6 Å². The molecule has 0 spiro atoms. The molecule has 0 saturated heterocycles. The fraction of sp³-hybridized carbons (Fsp3) is 0.391. The number of ether oxygens (including phenoxy) is 1. The molecule has 1 aliphatic rings. The Morgan fingerprint density at radius 2 is 2.07 bits per heavy atom. The summed E-state index contributed by atoms with van der Waals surface area (Å²) in [5.74, 6) is 1.43. The highest BCUT2D eigenvalue weighted by molar-refractivity contribution is 5.74. The summed E-state index contributed by atoms with van der Waals surface area (Å²) in [5, 5.41) is 8.85. The van der Waals surface area contributed by atoms with Crippen LogP contribution in [0.5, 0.6) is 0 Å². The first kappa shape index (κ1) is 18.8. The van der Waals surface area contributed by atoms with Crippen LogP contribution in [0.4, 0.5) is 0 Å². The van der Waals surface area contributed by atoms with Gasteiger partial charge >= 0.3 is 5.97 Å². The number of nitrogens with one attached hydrogen (secondary N) is 1. The first-order valence-corrected chi connectivity index (χ1v) is 10.6. The van der Waals surface area contributed by atoms with Crippen molar-refractivity contribution in [2.75, 3.05) is 0 Å². The summed E-state index contributed by atoms with van der Waals surface area (Å²) < 4.78 is 7.95. The second-order valence-electron chi connectivity index (χ2n) is 8.07. The van der Waals surface area contributed by atoms with E-state index in [4.69, 9.17) is 4.74 Å². The molecule has 3 atom stereocenters. The number of H-pyrrole nitrogens is 1. The van der Waals surface area contributed by atoms with Crippen LogP contribution in [0, 0.1) is 5.92 Å². The fourth-order valence-electron chi connectivity index (χ4n) is 4.71. The molecule has 154 valence electrons. The van der Waals surface area contributed by atoms with Gasteiger partial charge in [-0.05, 0) is 36.8 Å². The van der Waals surface area contributed by atoms with Crippen molar-refractivity contribution in [1.82, 2.24) is 24.6 Å². The minimum atomic E-state index is -0.123. The van der Waals surface area contributed by atoms with Crippen LogP contribution in [0.15, 0.2) is 48.8 Å². The highest BCUT2D eigenvalue weighted by Gasteiger charge is 2.39. The maximum absolute atomic E-state index is 12.4. The SMILES string of the molecule is CC[C@@H]1C[C@H](OC(=O)CCc2ccccc2)C[C@@H]1c1nnc2cnc3[nH]ccc3n12. The van der Waals surface area contributed by atoms with Crippen LogP contribution >= 0.6 is 0 Å². The van der Waals surface area contributed by atoms with Crippen LogP contribution in [-0.2, 0) is 16.0 Å². The number of rotatable bonds is 6. The van der Waals surface area contributed by atoms with E-state index in [2.05, 4.69) is 31.5 Å². The molecule has 30 heavy (non-hydrogen) atoms. The molecule has 0 amide bonds. The number of aromatic amines is 1. The Morgan fingerprint density at radius 1 is 1.20 bits per heavy atom. The van der Waals surface area contributed by atoms with Crippen LogP contribution in [-0.4, -0.2) is 36.6 Å². The number of hydrogen-bond donors (Lipinski definition) is 1. The molecule has 1 saturated carbocycles. The molecule has 0 radical (unpaired) electrons. The van der Waals surface area contributed by atoms with Gasteiger partial charge in [-0.3, -0.25) is 9.20 Å². The molecular weight excluding hydrogens is 378 g/mol. The molecule has 7 heteroatoms. The second-order valence-corrected chi connectivity index (χ2v) is 8.07. The molecule has 1 N–H and O–H groups in total. The monoisotopic (exact) mass is 403 g/mol. The minimum Gasteiger partial charge on any atom is -0.462 e. The van der Waals surface area contributed by atoms with Crippen LogP contribution in [0.1, 0.15) is 49.9 Å². The van der Waals surface area contributed by atoms with Gasteiger partial charge in [-0.15, -0.1) is 10.2 Å². The van der Waals surface area contributed by atoms with E-state index >= 15 is 0 Å². The molecule has 0 aliphatic heterocycles. The van der Waals surface area contributed by atoms with Gasteiger partial charge in [0, 0.05) is 18.5 Å². The quantitative estimate of drug-likeness (QED) is 0.491. The summed E-state index contributed by atoms with van der Waals surface area (Å²) in [7, 11) is 0. The third kappa shape index (κ3) is 3.44. The summed E-state index contributed by atoms with van der Waals surface area (Å²) in [6.45, 7) is 2.19. The van der Waals surface area contributed by atoms with Crippen molar-refractivity contribution >= 4 is 22.8 Å². The number of aryl methyl sites for hydroxylation is 1. The summed E-state index contributed by atoms with van der Waals surface area (Å²) in [4.78, 5) is 20.0. The van der Waals surface area contributed by atoms with Gasteiger partial charge in [0.15, 0.2) is 11.3 Å². The standard InChI is InChI=1S/C23H25N5O2/c1-2-16-12-17(30-21(29)9-8-15-6-4-3-5-7-15)13-18(16)23-27-26-20-14-25-22-19(28(20)23)10-11-24-22/h3-7,10-11,14,16-18,24H,2,8-9,12-13H2,1H3/t16-,17+,18+/m1/s1. The average Bonchev–Trinajstić information content (AvgIpc) is 3.49. The predicted molar refractivity (Wildman–Crippen MR) is 113 cm³/mol. The summed E-state index contributed by atoms with van der Waals surface area (Å²) in [6.07, 6.45) is 7.33. The van der Waals surface area contributed by atoms with Gasteiger partial charge in [0.2, 0.25) is 0 Å². The third-order valence-electron chi connectivity index (χ3n) is 6.23. The Morgan fingerprint density at radius 3 is 2.90 bits per heavy atom. The van der Waals surface area contributed by atoms with Crippen molar-refractivity contribution in [3.63, 3.8) is 0 Å². The number of fused-ring (bicyclic) bond motifs is 3. The zero-order chi connectivity index (χ0) is 20.5. The summed E-state index contributed by atoms with van der Waals surface area (Å²) >= 11 is 0. The van der Waals surface area contributed by atoms with Gasteiger partial charge in [-0.1, -0.05) is 43.7 Å². The highest BCUT2D eigenvalue weighted by atomic mass is 16.5. The number of nitrogens with zero attached hydrogens (tertiary/aromatic N) is 4. The number of benzene rings is 1. The van der Waals surface area contributed by atoms with Gasteiger partial charge < -0.3 is 9.72 Å². The highest BCUT2D eigenvalue weighted by Crippen LogP contribution is 2.42. The van der Waals surface area contributed by atoms with E-state index in [0.29, 0.717) is 18.8 Å². The zero-order valence-corrected chi connectivity index (χ0v) is 17.0. The lowest BCUT2D eigenvalue weighted by atomic mass is 9.93. The Hall–Kier alpha value is -3.22. The van der Waals surface area contributed by atoms with Crippen LogP contribution < -0.4 is 0 Å². The van der Waals surface area contributed by atoms with Crippen molar-refractivity contribution in [2.24, 2.45) is 5.92 Å². The van der Waals surface area contributed by atoms with E-state index in [0.717, 1.165) is 47.5 Å². The van der Waals surface area contributed by atoms with Crippen molar-refractivity contribution in [3.05, 3.63) is 60.2 Å². The molecule has 1 aliphatic carbocycles. The lowest BCUT2D eigenvalue weighted by Gasteiger charge is -2.15. The first-order valence-electron chi connectivity index (χ1n) is 10.6. The Bertz CT molecular complexity index is 1170. The number of hydrogen-bond acceptors (Lipinski definition) is 5. The topological polar surface area (TPSA) is 85.2 Å². The Balaban J connectivity index is 1.32.